The summed E-state index contributed by atoms with van der Waals surface area (Å²) in [6.07, 6.45) is -0.229. The first-order valence-electron chi connectivity index (χ1n) is 6.98. The Balaban J connectivity index is 2.23. The molecule has 0 amide bonds. The number of ketones is 1. The molecule has 21 heavy (non-hydrogen) atoms. The van der Waals surface area contributed by atoms with E-state index < -0.39 is 7.60 Å². The third kappa shape index (κ3) is 4.01. The molecule has 0 N–H and O–H groups in total. The molecule has 2 rings (SSSR count). The summed E-state index contributed by atoms with van der Waals surface area (Å²) in [5.74, 6) is -0.231. The highest BCUT2D eigenvalue weighted by Crippen LogP contribution is 2.48. The summed E-state index contributed by atoms with van der Waals surface area (Å²) >= 11 is 0. The van der Waals surface area contributed by atoms with Gasteiger partial charge >= 0.3 is 7.60 Å². The standard InChI is InChI=1S/C16H19O4P/c1-3-19-21(18,20-4-2)12-16(17)15-10-9-13-7-5-6-8-14(13)11-15/h5-11H,3-4,12H2,1-2H3. The van der Waals surface area contributed by atoms with Gasteiger partial charge in [-0.2, -0.15) is 0 Å². The zero-order chi connectivity index (χ0) is 15.3. The molecule has 0 spiro atoms. The molecule has 5 heteroatoms. The van der Waals surface area contributed by atoms with Crippen molar-refractivity contribution in [2.24, 2.45) is 0 Å². The van der Waals surface area contributed by atoms with Crippen LogP contribution in [0.4, 0.5) is 0 Å². The third-order valence-electron chi connectivity index (χ3n) is 3.06. The summed E-state index contributed by atoms with van der Waals surface area (Å²) in [6.45, 7) is 3.96. The smallest absolute Gasteiger partial charge is 0.309 e. The van der Waals surface area contributed by atoms with Crippen LogP contribution < -0.4 is 0 Å². The molecule has 0 aliphatic rings. The highest BCUT2D eigenvalue weighted by atomic mass is 31.2. The minimum atomic E-state index is -3.35. The van der Waals surface area contributed by atoms with E-state index in [9.17, 15) is 9.36 Å². The predicted octanol–water partition coefficient (Wildman–Crippen LogP) is 4.29. The lowest BCUT2D eigenvalue weighted by Gasteiger charge is -2.16. The summed E-state index contributed by atoms with van der Waals surface area (Å²) in [5, 5.41) is 2.04. The van der Waals surface area contributed by atoms with E-state index in [1.165, 1.54) is 0 Å². The fourth-order valence-corrected chi connectivity index (χ4v) is 3.73. The van der Waals surface area contributed by atoms with Crippen LogP contribution in [0.2, 0.25) is 0 Å². The zero-order valence-electron chi connectivity index (χ0n) is 12.2. The fraction of sp³-hybridized carbons (Fsp3) is 0.312. The van der Waals surface area contributed by atoms with E-state index in [1.807, 2.05) is 30.3 Å². The SMILES string of the molecule is CCOP(=O)(CC(=O)c1ccc2ccccc2c1)OCC. The molecule has 0 saturated heterocycles. The van der Waals surface area contributed by atoms with Crippen molar-refractivity contribution in [3.05, 3.63) is 48.0 Å². The third-order valence-corrected chi connectivity index (χ3v) is 5.04. The topological polar surface area (TPSA) is 52.6 Å². The minimum Gasteiger partial charge on any atom is -0.309 e. The molecule has 4 nitrogen and oxygen atoms in total. The minimum absolute atomic E-state index is 0.229. The molecule has 0 bridgehead atoms. The first kappa shape index (κ1) is 15.9. The van der Waals surface area contributed by atoms with Gasteiger partial charge < -0.3 is 9.05 Å². The van der Waals surface area contributed by atoms with Gasteiger partial charge in [0.15, 0.2) is 5.78 Å². The number of fused-ring (bicyclic) bond motifs is 1. The first-order valence-corrected chi connectivity index (χ1v) is 8.71. The maximum atomic E-state index is 12.4. The van der Waals surface area contributed by atoms with E-state index in [1.54, 1.807) is 26.0 Å². The summed E-state index contributed by atoms with van der Waals surface area (Å²) in [6, 6.07) is 13.2. The van der Waals surface area contributed by atoms with Crippen molar-refractivity contribution in [3.8, 4) is 0 Å². The maximum absolute atomic E-state index is 12.4. The van der Waals surface area contributed by atoms with Gasteiger partial charge in [-0.05, 0) is 30.7 Å². The zero-order valence-corrected chi connectivity index (χ0v) is 13.1. The Morgan fingerprint density at radius 3 is 2.24 bits per heavy atom. The van der Waals surface area contributed by atoms with Gasteiger partial charge in [0.05, 0.1) is 13.2 Å². The Bertz CT molecular complexity index is 671. The second-order valence-corrected chi connectivity index (χ2v) is 6.64. The molecule has 112 valence electrons. The lowest BCUT2D eigenvalue weighted by molar-refractivity contribution is 0.100. The average Bonchev–Trinajstić information content (AvgIpc) is 2.47. The second kappa shape index (κ2) is 6.99. The van der Waals surface area contributed by atoms with Crippen molar-refractivity contribution in [1.29, 1.82) is 0 Å². The molecule has 0 fully saturated rings. The number of carbonyl (C=O) groups excluding carboxylic acids is 1. The Hall–Kier alpha value is -1.48. The normalized spacial score (nSPS) is 11.7. The van der Waals surface area contributed by atoms with Crippen LogP contribution >= 0.6 is 7.60 Å². The summed E-state index contributed by atoms with van der Waals surface area (Å²) in [4.78, 5) is 12.3. The largest absolute Gasteiger partial charge is 0.338 e. The van der Waals surface area contributed by atoms with Crippen molar-refractivity contribution in [1.82, 2.24) is 0 Å². The molecular formula is C16H19O4P. The molecule has 0 aromatic heterocycles. The van der Waals surface area contributed by atoms with Gasteiger partial charge in [-0.15, -0.1) is 0 Å². The van der Waals surface area contributed by atoms with Crippen molar-refractivity contribution in [3.63, 3.8) is 0 Å². The second-order valence-electron chi connectivity index (χ2n) is 4.59. The highest BCUT2D eigenvalue weighted by Gasteiger charge is 2.28. The Kier molecular flexibility index (Phi) is 5.29. The number of Topliss-reactive ketones (excluding diaryl/α,β-unsaturated/α-hetero) is 1. The van der Waals surface area contributed by atoms with E-state index in [0.29, 0.717) is 5.56 Å². The molecule has 0 aliphatic carbocycles. The number of hydrogen-bond donors (Lipinski definition) is 0. The van der Waals surface area contributed by atoms with Gasteiger partial charge in [0.1, 0.15) is 6.16 Å². The van der Waals surface area contributed by atoms with E-state index in [4.69, 9.17) is 9.05 Å². The van der Waals surface area contributed by atoms with Gasteiger partial charge in [0.2, 0.25) is 0 Å². The Morgan fingerprint density at radius 1 is 1.00 bits per heavy atom. The number of hydrogen-bond acceptors (Lipinski definition) is 4. The van der Waals surface area contributed by atoms with Crippen molar-refractivity contribution in [2.45, 2.75) is 13.8 Å². The summed E-state index contributed by atoms with van der Waals surface area (Å²) in [5.41, 5.74) is 0.522. The van der Waals surface area contributed by atoms with E-state index in [2.05, 4.69) is 0 Å². The lowest BCUT2D eigenvalue weighted by atomic mass is 10.1. The molecule has 0 saturated carbocycles. The number of carbonyl (C=O) groups is 1. The quantitative estimate of drug-likeness (QED) is 0.565. The average molecular weight is 306 g/mol. The summed E-state index contributed by atoms with van der Waals surface area (Å²) < 4.78 is 22.7. The Morgan fingerprint density at radius 2 is 1.62 bits per heavy atom. The van der Waals surface area contributed by atoms with Crippen molar-refractivity contribution < 1.29 is 18.4 Å². The van der Waals surface area contributed by atoms with Gasteiger partial charge in [-0.3, -0.25) is 9.36 Å². The maximum Gasteiger partial charge on any atom is 0.338 e. The monoisotopic (exact) mass is 306 g/mol. The van der Waals surface area contributed by atoms with Crippen LogP contribution in [-0.2, 0) is 13.6 Å². The molecule has 0 unspecified atom stereocenters. The van der Waals surface area contributed by atoms with Crippen LogP contribution in [0.5, 0.6) is 0 Å². The van der Waals surface area contributed by atoms with Gasteiger partial charge in [-0.25, -0.2) is 0 Å². The van der Waals surface area contributed by atoms with Gasteiger partial charge in [0.25, 0.3) is 0 Å². The molecule has 2 aromatic rings. The van der Waals surface area contributed by atoms with Crippen LogP contribution in [0.3, 0.4) is 0 Å². The van der Waals surface area contributed by atoms with Gasteiger partial charge in [0, 0.05) is 5.56 Å². The van der Waals surface area contributed by atoms with Crippen LogP contribution in [0.1, 0.15) is 24.2 Å². The van der Waals surface area contributed by atoms with E-state index in [0.717, 1.165) is 10.8 Å². The van der Waals surface area contributed by atoms with Crippen LogP contribution in [0.25, 0.3) is 10.8 Å². The van der Waals surface area contributed by atoms with E-state index >= 15 is 0 Å². The van der Waals surface area contributed by atoms with Crippen molar-refractivity contribution in [2.75, 3.05) is 19.4 Å². The van der Waals surface area contributed by atoms with E-state index in [-0.39, 0.29) is 25.2 Å². The Labute approximate surface area is 124 Å². The highest BCUT2D eigenvalue weighted by molar-refractivity contribution is 7.54. The summed E-state index contributed by atoms with van der Waals surface area (Å²) in [7, 11) is -3.35. The number of benzene rings is 2. The predicted molar refractivity (Wildman–Crippen MR) is 84.0 cm³/mol. The van der Waals surface area contributed by atoms with Crippen LogP contribution in [-0.4, -0.2) is 25.2 Å². The molecule has 0 aliphatic heterocycles. The molecule has 2 aromatic carbocycles. The van der Waals surface area contributed by atoms with Gasteiger partial charge in [-0.1, -0.05) is 36.4 Å². The molecule has 0 radical (unpaired) electrons. The lowest BCUT2D eigenvalue weighted by Crippen LogP contribution is -2.10. The van der Waals surface area contributed by atoms with Crippen molar-refractivity contribution >= 4 is 24.2 Å². The molecule has 0 atom stereocenters. The number of rotatable bonds is 7. The molecule has 0 heterocycles. The first-order chi connectivity index (χ1) is 10.1. The van der Waals surface area contributed by atoms with Crippen LogP contribution in [0.15, 0.2) is 42.5 Å². The van der Waals surface area contributed by atoms with Crippen LogP contribution in [0, 0.1) is 0 Å². The fourth-order valence-electron chi connectivity index (χ4n) is 2.15. The molecular weight excluding hydrogens is 287 g/mol.